The van der Waals surface area contributed by atoms with Gasteiger partial charge in [-0.25, -0.2) is 0 Å². The van der Waals surface area contributed by atoms with Gasteiger partial charge in [-0.3, -0.25) is 4.79 Å². The Morgan fingerprint density at radius 3 is 2.11 bits per heavy atom. The number of ketones is 1. The van der Waals surface area contributed by atoms with Gasteiger partial charge in [0.05, 0.1) is 0 Å². The van der Waals surface area contributed by atoms with Gasteiger partial charge < -0.3 is 5.11 Å². The van der Waals surface area contributed by atoms with Crippen LogP contribution in [-0.4, -0.2) is 16.0 Å². The number of Topliss-reactive ketones (excluding diaryl/α,β-unsaturated/α-hetero) is 1. The molecular weight excluding hydrogens is 140 g/mol. The molecule has 0 amide bonds. The van der Waals surface area contributed by atoms with Crippen LogP contribution in [0.25, 0.3) is 0 Å². The van der Waals surface area contributed by atoms with Crippen LogP contribution < -0.4 is 0 Å². The summed E-state index contributed by atoms with van der Waals surface area (Å²) in [5.74, 6) is -0.649. The first-order chi connectivity index (χ1) is 3.85. The van der Waals surface area contributed by atoms with E-state index in [9.17, 15) is 4.79 Å². The van der Waals surface area contributed by atoms with Gasteiger partial charge >= 0.3 is 0 Å². The summed E-state index contributed by atoms with van der Waals surface area (Å²) in [6.45, 7) is 7.75. The Labute approximate surface area is 59.1 Å². The van der Waals surface area contributed by atoms with Crippen molar-refractivity contribution in [3.8, 4) is 0 Å². The van der Waals surface area contributed by atoms with E-state index < -0.39 is 10.8 Å². The predicted octanol–water partition coefficient (Wildman–Crippen LogP) is 0.893. The summed E-state index contributed by atoms with van der Waals surface area (Å²) < 4.78 is 0. The van der Waals surface area contributed by atoms with Crippen LogP contribution in [0.15, 0.2) is 12.2 Å². The van der Waals surface area contributed by atoms with Crippen LogP contribution in [0.1, 0.15) is 6.92 Å². The average molecular weight is 148 g/mol. The number of halogens is 1. The molecule has 0 spiro atoms. The van der Waals surface area contributed by atoms with E-state index in [2.05, 4.69) is 13.5 Å². The van der Waals surface area contributed by atoms with E-state index in [0.29, 0.717) is 0 Å². The summed E-state index contributed by atoms with van der Waals surface area (Å²) in [7, 11) is 0. The maximum absolute atomic E-state index is 10.6. The number of rotatable bonds is 2. The molecule has 0 bridgehead atoms. The van der Waals surface area contributed by atoms with Gasteiger partial charge in [0.1, 0.15) is 0 Å². The predicted molar refractivity (Wildman–Crippen MR) is 36.0 cm³/mol. The highest BCUT2D eigenvalue weighted by Crippen LogP contribution is 2.13. The molecule has 0 heterocycles. The molecule has 0 aromatic heterocycles. The Bertz CT molecular complexity index is 144. The fraction of sp³-hybridized carbons (Fsp3) is 0.333. The third-order valence-corrected chi connectivity index (χ3v) is 0.907. The van der Waals surface area contributed by atoms with E-state index in [1.54, 1.807) is 0 Å². The zero-order chi connectivity index (χ0) is 7.65. The monoisotopic (exact) mass is 147 g/mol. The average Bonchev–Trinajstić information content (AvgIpc) is 1.62. The lowest BCUT2D eigenvalue weighted by Crippen LogP contribution is -2.28. The smallest absolute Gasteiger partial charge is 0.204 e. The lowest BCUT2D eigenvalue weighted by molar-refractivity contribution is -0.123. The zero-order valence-corrected chi connectivity index (χ0v) is 5.90. The maximum Gasteiger partial charge on any atom is 0.204 e. The molecule has 1 radical (unpaired) electrons. The Morgan fingerprint density at radius 1 is 1.78 bits per heavy atom. The first kappa shape index (κ1) is 8.66. The Balaban J connectivity index is 4.23. The van der Waals surface area contributed by atoms with Gasteiger partial charge in [-0.1, -0.05) is 18.2 Å². The Morgan fingerprint density at radius 2 is 2.11 bits per heavy atom. The van der Waals surface area contributed by atoms with Crippen LogP contribution >= 0.6 is 11.6 Å². The molecule has 0 saturated carbocycles. The second-order valence-electron chi connectivity index (χ2n) is 1.87. The molecule has 0 fully saturated rings. The number of hydrogen-bond donors (Lipinski definition) is 1. The van der Waals surface area contributed by atoms with Crippen molar-refractivity contribution >= 4 is 17.4 Å². The molecule has 0 rings (SSSR count). The molecule has 0 aromatic carbocycles. The third-order valence-electron chi connectivity index (χ3n) is 0.736. The first-order valence-corrected chi connectivity index (χ1v) is 2.70. The van der Waals surface area contributed by atoms with Crippen LogP contribution in [0, 0.1) is 6.92 Å². The number of alkyl halides is 1. The summed E-state index contributed by atoms with van der Waals surface area (Å²) in [5, 5.41) is 6.66. The molecule has 0 aliphatic carbocycles. The van der Waals surface area contributed by atoms with Crippen molar-refractivity contribution in [1.29, 1.82) is 0 Å². The minimum Gasteiger partial charge on any atom is -0.368 e. The zero-order valence-electron chi connectivity index (χ0n) is 5.15. The van der Waals surface area contributed by atoms with Crippen molar-refractivity contribution < 1.29 is 9.90 Å². The molecule has 3 heteroatoms. The molecule has 0 saturated heterocycles. The second kappa shape index (κ2) is 2.50. The number of aliphatic hydroxyl groups is 1. The van der Waals surface area contributed by atoms with Crippen LogP contribution in [0.3, 0.4) is 0 Å². The Hall–Kier alpha value is -0.340. The molecule has 2 nitrogen and oxygen atoms in total. The van der Waals surface area contributed by atoms with Gasteiger partial charge in [-0.2, -0.15) is 0 Å². The Kier molecular flexibility index (Phi) is 2.40. The fourth-order valence-corrected chi connectivity index (χ4v) is 0.488. The van der Waals surface area contributed by atoms with Crippen molar-refractivity contribution in [2.75, 3.05) is 0 Å². The van der Waals surface area contributed by atoms with Crippen LogP contribution in [0.5, 0.6) is 0 Å². The maximum atomic E-state index is 10.6. The van der Waals surface area contributed by atoms with E-state index in [4.69, 9.17) is 16.7 Å². The van der Waals surface area contributed by atoms with E-state index in [-0.39, 0.29) is 5.57 Å². The standard InChI is InChI=1S/C6H8ClO2/c1-4(2)5(8)6(3,7)9/h9H,1,3H2,2H3. The summed E-state index contributed by atoms with van der Waals surface area (Å²) in [4.78, 5) is 10.6. The molecule has 0 aliphatic heterocycles. The highest BCUT2D eigenvalue weighted by molar-refractivity contribution is 6.36. The molecular formula is C6H8ClO2. The van der Waals surface area contributed by atoms with Gasteiger partial charge in [0.15, 0.2) is 0 Å². The van der Waals surface area contributed by atoms with Gasteiger partial charge in [0.2, 0.25) is 10.8 Å². The van der Waals surface area contributed by atoms with Gasteiger partial charge in [0.25, 0.3) is 0 Å². The molecule has 9 heavy (non-hydrogen) atoms. The molecule has 1 atom stereocenters. The molecule has 1 unspecified atom stereocenters. The van der Waals surface area contributed by atoms with E-state index in [1.807, 2.05) is 0 Å². The van der Waals surface area contributed by atoms with Crippen LogP contribution in [0.2, 0.25) is 0 Å². The molecule has 51 valence electrons. The van der Waals surface area contributed by atoms with Gasteiger partial charge in [0, 0.05) is 6.92 Å². The van der Waals surface area contributed by atoms with Crippen molar-refractivity contribution in [1.82, 2.24) is 0 Å². The third kappa shape index (κ3) is 2.63. The number of carbonyl (C=O) groups is 1. The summed E-state index contributed by atoms with van der Waals surface area (Å²) in [6.07, 6.45) is 0. The van der Waals surface area contributed by atoms with Crippen molar-refractivity contribution in [3.05, 3.63) is 19.1 Å². The van der Waals surface area contributed by atoms with Crippen LogP contribution in [0.4, 0.5) is 0 Å². The summed E-state index contributed by atoms with van der Waals surface area (Å²) in [6, 6.07) is 0. The van der Waals surface area contributed by atoms with E-state index >= 15 is 0 Å². The highest BCUT2D eigenvalue weighted by atomic mass is 35.5. The van der Waals surface area contributed by atoms with Crippen molar-refractivity contribution in [3.63, 3.8) is 0 Å². The van der Waals surface area contributed by atoms with Gasteiger partial charge in [-0.05, 0) is 12.5 Å². The van der Waals surface area contributed by atoms with E-state index in [0.717, 1.165) is 0 Å². The molecule has 0 aliphatic rings. The van der Waals surface area contributed by atoms with Crippen molar-refractivity contribution in [2.24, 2.45) is 0 Å². The highest BCUT2D eigenvalue weighted by Gasteiger charge is 2.26. The SMILES string of the molecule is [CH2]C(O)(Cl)C(=O)C(=C)C. The normalized spacial score (nSPS) is 16.4. The minimum absolute atomic E-state index is 0.197. The fourth-order valence-electron chi connectivity index (χ4n) is 0.327. The molecule has 1 N–H and O–H groups in total. The second-order valence-corrected chi connectivity index (χ2v) is 2.49. The summed E-state index contributed by atoms with van der Waals surface area (Å²) in [5.41, 5.74) is 0.197. The van der Waals surface area contributed by atoms with Crippen molar-refractivity contribution in [2.45, 2.75) is 12.0 Å². The summed E-state index contributed by atoms with van der Waals surface area (Å²) >= 11 is 5.11. The number of hydrogen-bond acceptors (Lipinski definition) is 2. The lowest BCUT2D eigenvalue weighted by Gasteiger charge is -2.11. The lowest BCUT2D eigenvalue weighted by atomic mass is 10.1. The first-order valence-electron chi connectivity index (χ1n) is 2.32. The van der Waals surface area contributed by atoms with E-state index in [1.165, 1.54) is 6.92 Å². The van der Waals surface area contributed by atoms with Crippen LogP contribution in [-0.2, 0) is 4.79 Å². The quantitative estimate of drug-likeness (QED) is 0.465. The largest absolute Gasteiger partial charge is 0.368 e. The minimum atomic E-state index is -2.04. The molecule has 0 aromatic rings. The number of carbonyl (C=O) groups excluding carboxylic acids is 1. The van der Waals surface area contributed by atoms with Gasteiger partial charge in [-0.15, -0.1) is 0 Å². The topological polar surface area (TPSA) is 37.3 Å².